The maximum Gasteiger partial charge on any atom is 0.210 e. The van der Waals surface area contributed by atoms with Gasteiger partial charge in [0.15, 0.2) is 23.0 Å². The summed E-state index contributed by atoms with van der Waals surface area (Å²) >= 11 is 7.12. The van der Waals surface area contributed by atoms with E-state index < -0.39 is 0 Å². The van der Waals surface area contributed by atoms with E-state index in [1.807, 2.05) is 97.9 Å². The van der Waals surface area contributed by atoms with Gasteiger partial charge in [-0.15, -0.1) is 0 Å². The monoisotopic (exact) mass is 932 g/mol. The van der Waals surface area contributed by atoms with Crippen LogP contribution in [-0.4, -0.2) is 47.4 Å². The Morgan fingerprint density at radius 1 is 0.583 bits per heavy atom. The van der Waals surface area contributed by atoms with Crippen LogP contribution in [0.25, 0.3) is 21.5 Å². The third-order valence-electron chi connectivity index (χ3n) is 10.1. The van der Waals surface area contributed by atoms with Gasteiger partial charge in [0.05, 0.1) is 49.2 Å². The van der Waals surface area contributed by atoms with Gasteiger partial charge in [0, 0.05) is 25.2 Å². The van der Waals surface area contributed by atoms with Crippen LogP contribution in [0.3, 0.4) is 0 Å². The van der Waals surface area contributed by atoms with Crippen LogP contribution < -0.4 is 34.2 Å². The topological polar surface area (TPSA) is 132 Å². The highest BCUT2D eigenvalue weighted by molar-refractivity contribution is 9.11. The zero-order valence-electron chi connectivity index (χ0n) is 32.5. The normalized spacial score (nSPS) is 14.9. The summed E-state index contributed by atoms with van der Waals surface area (Å²) in [6, 6.07) is 36.5. The minimum atomic E-state index is -0.380. The molecule has 2 N–H and O–H groups in total. The van der Waals surface area contributed by atoms with Gasteiger partial charge < -0.3 is 39.1 Å². The molecule has 6 aromatic carbocycles. The number of nitrogens with zero attached hydrogens (tertiary/aromatic N) is 3. The van der Waals surface area contributed by atoms with Crippen LogP contribution in [0.1, 0.15) is 48.9 Å². The predicted octanol–water partition coefficient (Wildman–Crippen LogP) is 11.6. The Hall–Kier alpha value is -6.34. The first kappa shape index (κ1) is 44.8. The fourth-order valence-corrected chi connectivity index (χ4v) is 8.72. The molecule has 10 nitrogen and oxygen atoms in total. The van der Waals surface area contributed by atoms with E-state index in [0.717, 1.165) is 58.5 Å². The molecule has 0 radical (unpaired) electrons. The van der Waals surface area contributed by atoms with Crippen molar-refractivity contribution in [3.05, 3.63) is 151 Å². The van der Waals surface area contributed by atoms with Crippen molar-refractivity contribution in [3.8, 4) is 46.6 Å². The number of halogens is 2. The molecule has 2 aliphatic heterocycles. The Morgan fingerprint density at radius 2 is 0.983 bits per heavy atom. The van der Waals surface area contributed by atoms with Crippen LogP contribution in [0.4, 0.5) is 0 Å². The van der Waals surface area contributed by atoms with E-state index in [1.54, 1.807) is 28.4 Å². The molecule has 0 aliphatic carbocycles. The summed E-state index contributed by atoms with van der Waals surface area (Å²) in [5.41, 5.74) is 10.6. The standard InChI is InChI=1S/C24H21BrN2O3.C22H17BrN2O3.2CH4/c1-27(2)24-18(13-26)22(16-10-19(25)23(29-4)21(12-16)28-3)17-9-14-7-5-6-8-15(14)11-20(17)30-24;1-26-19-10-14(8-17(23)21(19)27-2)20-15-7-12-5-3-4-6-13(12)9-18(15)28-22(25)16(20)11-24;;/h5-12,22H,1-4H3;3-10,20H,25H2,1-2H3;2*1H4. The lowest BCUT2D eigenvalue weighted by Gasteiger charge is -2.31. The van der Waals surface area contributed by atoms with Gasteiger partial charge in [0.2, 0.25) is 11.8 Å². The maximum absolute atomic E-state index is 10.1. The Balaban J connectivity index is 0.000000221. The van der Waals surface area contributed by atoms with E-state index in [9.17, 15) is 10.5 Å². The van der Waals surface area contributed by atoms with Crippen molar-refractivity contribution in [2.45, 2.75) is 26.7 Å². The number of fused-ring (bicyclic) bond motifs is 4. The summed E-state index contributed by atoms with van der Waals surface area (Å²) in [5, 5.41) is 24.2. The lowest BCUT2D eigenvalue weighted by Crippen LogP contribution is -2.25. The number of allylic oxidation sites excluding steroid dienone is 2. The molecule has 2 heterocycles. The van der Waals surface area contributed by atoms with Gasteiger partial charge in [0.25, 0.3) is 0 Å². The van der Waals surface area contributed by atoms with Crippen LogP contribution in [0.15, 0.2) is 129 Å². The number of rotatable bonds is 7. The fourth-order valence-electron chi connectivity index (χ4n) is 7.48. The predicted molar refractivity (Wildman–Crippen MR) is 244 cm³/mol. The minimum absolute atomic E-state index is 0. The summed E-state index contributed by atoms with van der Waals surface area (Å²) in [6.07, 6.45) is 0. The molecular formula is C48H46Br2N4O6. The van der Waals surface area contributed by atoms with Crippen molar-refractivity contribution < 1.29 is 28.4 Å². The summed E-state index contributed by atoms with van der Waals surface area (Å²) in [5.74, 6) is 3.72. The Labute approximate surface area is 368 Å². The van der Waals surface area contributed by atoms with Crippen LogP contribution >= 0.6 is 31.9 Å². The number of nitrogens with two attached hydrogens (primary N) is 1. The average molecular weight is 935 g/mol. The first-order valence-electron chi connectivity index (χ1n) is 18.0. The zero-order chi connectivity index (χ0) is 41.2. The maximum atomic E-state index is 10.1. The third kappa shape index (κ3) is 8.14. The van der Waals surface area contributed by atoms with Gasteiger partial charge in [-0.25, -0.2) is 0 Å². The summed E-state index contributed by atoms with van der Waals surface area (Å²) in [7, 11) is 10.1. The molecule has 0 bridgehead atoms. The van der Waals surface area contributed by atoms with E-state index in [1.165, 1.54) is 0 Å². The number of nitriles is 2. The minimum Gasteiger partial charge on any atom is -0.493 e. The molecular weight excluding hydrogens is 888 g/mol. The van der Waals surface area contributed by atoms with E-state index in [2.05, 4.69) is 62.2 Å². The van der Waals surface area contributed by atoms with Gasteiger partial charge in [-0.05, 0) is 113 Å². The summed E-state index contributed by atoms with van der Waals surface area (Å²) < 4.78 is 35.4. The number of ether oxygens (including phenoxy) is 6. The molecule has 0 saturated heterocycles. The SMILES string of the molecule is C.C.COc1cc(C2C(C#N)=C(N(C)C)Oc3cc4ccccc4cc32)cc(Br)c1OC.COc1cc(C2C(C#N)=C(N)Oc3cc4ccccc4cc32)cc(Br)c1OC. The van der Waals surface area contributed by atoms with Gasteiger partial charge >= 0.3 is 0 Å². The molecule has 12 heteroatoms. The number of methoxy groups -OCH3 is 4. The molecule has 8 rings (SSSR count). The van der Waals surface area contributed by atoms with Gasteiger partial charge in [-0.3, -0.25) is 0 Å². The Morgan fingerprint density at radius 3 is 1.37 bits per heavy atom. The van der Waals surface area contributed by atoms with E-state index >= 15 is 0 Å². The van der Waals surface area contributed by atoms with Gasteiger partial charge in [0.1, 0.15) is 34.8 Å². The quantitative estimate of drug-likeness (QED) is 0.165. The first-order chi connectivity index (χ1) is 28.0. The molecule has 0 aromatic heterocycles. The number of benzene rings is 6. The second-order valence-electron chi connectivity index (χ2n) is 13.6. The Bertz CT molecular complexity index is 2750. The van der Waals surface area contributed by atoms with Crippen molar-refractivity contribution in [2.24, 2.45) is 5.73 Å². The first-order valence-corrected chi connectivity index (χ1v) is 19.6. The molecule has 60 heavy (non-hydrogen) atoms. The van der Waals surface area contributed by atoms with E-state index in [0.29, 0.717) is 45.8 Å². The fraction of sp³-hybridized carbons (Fsp3) is 0.208. The lowest BCUT2D eigenvalue weighted by atomic mass is 9.82. The highest BCUT2D eigenvalue weighted by Gasteiger charge is 2.35. The van der Waals surface area contributed by atoms with E-state index in [-0.39, 0.29) is 32.6 Å². The number of hydrogen-bond donors (Lipinski definition) is 1. The molecule has 0 spiro atoms. The highest BCUT2D eigenvalue weighted by Crippen LogP contribution is 2.49. The molecule has 0 amide bonds. The van der Waals surface area contributed by atoms with Gasteiger partial charge in [-0.2, -0.15) is 10.5 Å². The van der Waals surface area contributed by atoms with Crippen molar-refractivity contribution in [1.29, 1.82) is 10.5 Å². The summed E-state index contributed by atoms with van der Waals surface area (Å²) in [4.78, 5) is 1.83. The zero-order valence-corrected chi connectivity index (χ0v) is 35.7. The lowest BCUT2D eigenvalue weighted by molar-refractivity contribution is 0.264. The summed E-state index contributed by atoms with van der Waals surface area (Å²) in [6.45, 7) is 0. The van der Waals surface area contributed by atoms with Crippen molar-refractivity contribution in [2.75, 3.05) is 42.5 Å². The number of hydrogen-bond acceptors (Lipinski definition) is 10. The molecule has 308 valence electrons. The molecule has 0 saturated carbocycles. The average Bonchev–Trinajstić information content (AvgIpc) is 3.23. The highest BCUT2D eigenvalue weighted by atomic mass is 79.9. The molecule has 0 fully saturated rings. The third-order valence-corrected chi connectivity index (χ3v) is 11.3. The van der Waals surface area contributed by atoms with Crippen molar-refractivity contribution in [1.82, 2.24) is 4.90 Å². The second-order valence-corrected chi connectivity index (χ2v) is 15.3. The molecule has 2 aliphatic rings. The molecule has 2 unspecified atom stereocenters. The molecule has 6 aromatic rings. The Kier molecular flexibility index (Phi) is 14.0. The second kappa shape index (κ2) is 18.7. The molecule has 2 atom stereocenters. The van der Waals surface area contributed by atoms with Crippen LogP contribution in [-0.2, 0) is 0 Å². The van der Waals surface area contributed by atoms with Crippen LogP contribution in [0.5, 0.6) is 34.5 Å². The van der Waals surface area contributed by atoms with E-state index in [4.69, 9.17) is 34.2 Å². The largest absolute Gasteiger partial charge is 0.493 e. The van der Waals surface area contributed by atoms with Crippen LogP contribution in [0.2, 0.25) is 0 Å². The van der Waals surface area contributed by atoms with Gasteiger partial charge in [-0.1, -0.05) is 63.4 Å². The van der Waals surface area contributed by atoms with Crippen molar-refractivity contribution >= 4 is 53.4 Å². The van der Waals surface area contributed by atoms with Crippen LogP contribution in [0, 0.1) is 22.7 Å². The van der Waals surface area contributed by atoms with Crippen molar-refractivity contribution in [3.63, 3.8) is 0 Å². The smallest absolute Gasteiger partial charge is 0.210 e.